The van der Waals surface area contributed by atoms with Crippen LogP contribution in [0.1, 0.15) is 313 Å². The summed E-state index contributed by atoms with van der Waals surface area (Å²) >= 11 is 0. The predicted octanol–water partition coefficient (Wildman–Crippen LogP) is 39.9. The zero-order valence-corrected chi connectivity index (χ0v) is 86.5. The fourth-order valence-electron chi connectivity index (χ4n) is 30.2. The van der Waals surface area contributed by atoms with Gasteiger partial charge in [-0.1, -0.05) is 449 Å². The molecule has 7 aliphatic carbocycles. The molecule has 2 aromatic heterocycles. The van der Waals surface area contributed by atoms with Gasteiger partial charge in [0.2, 0.25) is 0 Å². The number of fused-ring (bicyclic) bond motifs is 37. The number of unbranched alkanes of at least 4 members (excludes halogenated alkanes) is 16. The van der Waals surface area contributed by atoms with Crippen molar-refractivity contribution in [2.45, 2.75) is 262 Å². The molecular weight excluding hydrogens is 1750 g/mol. The van der Waals surface area contributed by atoms with Gasteiger partial charge in [0.25, 0.3) is 0 Å². The van der Waals surface area contributed by atoms with Crippen molar-refractivity contribution in [2.75, 3.05) is 0 Å². The summed E-state index contributed by atoms with van der Waals surface area (Å²) in [6, 6.07) is 130. The van der Waals surface area contributed by atoms with Gasteiger partial charge in [-0.25, -0.2) is 0 Å². The first-order chi connectivity index (χ1) is 71.2. The van der Waals surface area contributed by atoms with E-state index >= 15 is 0 Å². The van der Waals surface area contributed by atoms with Gasteiger partial charge in [-0.15, -0.1) is 0 Å². The third-order valence-corrected chi connectivity index (χ3v) is 36.6. The van der Waals surface area contributed by atoms with Crippen LogP contribution in [0.15, 0.2) is 336 Å². The molecule has 19 aromatic rings. The van der Waals surface area contributed by atoms with Gasteiger partial charge in [0.1, 0.15) is 22.3 Å². The van der Waals surface area contributed by atoms with Crippen LogP contribution in [0, 0.1) is 20.8 Å². The highest BCUT2D eigenvalue weighted by atomic mass is 16.3. The van der Waals surface area contributed by atoms with E-state index < -0.39 is 10.8 Å². The summed E-state index contributed by atoms with van der Waals surface area (Å²) in [6.45, 7) is 21.5. The Balaban J connectivity index is 0.575. The number of rotatable bonds is 32. The zero-order valence-electron chi connectivity index (χ0n) is 86.5. The van der Waals surface area contributed by atoms with Crippen LogP contribution in [0.3, 0.4) is 0 Å². The van der Waals surface area contributed by atoms with E-state index in [1.54, 1.807) is 11.1 Å². The highest BCUT2D eigenvalue weighted by Gasteiger charge is 2.58. The third-order valence-electron chi connectivity index (χ3n) is 36.6. The molecule has 2 heterocycles. The predicted molar refractivity (Wildman–Crippen MR) is 611 cm³/mol. The van der Waals surface area contributed by atoms with Gasteiger partial charge < -0.3 is 8.83 Å². The van der Waals surface area contributed by atoms with Crippen molar-refractivity contribution in [1.29, 1.82) is 0 Å². The van der Waals surface area contributed by atoms with E-state index in [0.717, 1.165) is 53.4 Å². The van der Waals surface area contributed by atoms with Crippen LogP contribution in [0.5, 0.6) is 0 Å². The van der Waals surface area contributed by atoms with Crippen LogP contribution in [0.2, 0.25) is 0 Å². The third kappa shape index (κ3) is 14.0. The number of benzene rings is 17. The Bertz CT molecular complexity index is 8260. The summed E-state index contributed by atoms with van der Waals surface area (Å²) < 4.78 is 14.4. The van der Waals surface area contributed by atoms with Gasteiger partial charge in [0.05, 0.1) is 10.8 Å². The van der Waals surface area contributed by atoms with Crippen LogP contribution >= 0.6 is 0 Å². The smallest absolute Gasteiger partial charge is 0.143 e. The van der Waals surface area contributed by atoms with Gasteiger partial charge >= 0.3 is 0 Å². The van der Waals surface area contributed by atoms with Crippen LogP contribution < -0.4 is 0 Å². The molecule has 0 amide bonds. The lowest BCUT2D eigenvalue weighted by atomic mass is 9.68. The molecule has 1 atom stereocenters. The molecular formula is C143H134O2. The second kappa shape index (κ2) is 36.2. The lowest BCUT2D eigenvalue weighted by molar-refractivity contribution is 0.398. The van der Waals surface area contributed by atoms with E-state index in [0.29, 0.717) is 0 Å². The molecule has 0 saturated carbocycles. The highest BCUT2D eigenvalue weighted by Crippen LogP contribution is 2.71. The summed E-state index contributed by atoms with van der Waals surface area (Å²) in [4.78, 5) is 0. The van der Waals surface area contributed by atoms with Gasteiger partial charge in [-0.2, -0.15) is 0 Å². The Morgan fingerprint density at radius 1 is 0.234 bits per heavy atom. The van der Waals surface area contributed by atoms with Gasteiger partial charge in [0.15, 0.2) is 0 Å². The molecule has 2 nitrogen and oxygen atoms in total. The number of hydrogen-bond acceptors (Lipinski definition) is 2. The first-order valence-corrected chi connectivity index (χ1v) is 55.7. The van der Waals surface area contributed by atoms with Crippen molar-refractivity contribution >= 4 is 43.9 Å². The Kier molecular flexibility index (Phi) is 22.8. The van der Waals surface area contributed by atoms with E-state index in [2.05, 4.69) is 390 Å². The average molecular weight is 1880 g/mol. The van der Waals surface area contributed by atoms with Crippen molar-refractivity contribution < 1.29 is 8.83 Å². The molecule has 0 saturated heterocycles. The maximum atomic E-state index is 7.46. The zero-order chi connectivity index (χ0) is 97.8. The second-order valence-electron chi connectivity index (χ2n) is 45.3. The molecule has 718 valence electrons. The molecule has 17 aromatic carbocycles. The molecule has 0 bridgehead atoms. The fourth-order valence-corrected chi connectivity index (χ4v) is 30.2. The molecule has 0 aliphatic heterocycles. The van der Waals surface area contributed by atoms with Gasteiger partial charge in [-0.05, 0) is 331 Å². The molecule has 0 fully saturated rings. The average Bonchev–Trinajstić information content (AvgIpc) is 1.48. The van der Waals surface area contributed by atoms with Crippen LogP contribution in [0.25, 0.3) is 155 Å². The first kappa shape index (κ1) is 91.3. The minimum absolute atomic E-state index is 0.0338. The largest absolute Gasteiger partial charge is 0.456 e. The van der Waals surface area contributed by atoms with Crippen molar-refractivity contribution in [2.24, 2.45) is 0 Å². The van der Waals surface area contributed by atoms with Crippen molar-refractivity contribution in [1.82, 2.24) is 0 Å². The van der Waals surface area contributed by atoms with Crippen molar-refractivity contribution in [3.8, 4) is 111 Å². The Hall–Kier alpha value is -13.7. The number of furan rings is 2. The lowest BCUT2D eigenvalue weighted by Gasteiger charge is -2.34. The van der Waals surface area contributed by atoms with Gasteiger partial charge in [-0.3, -0.25) is 0 Å². The van der Waals surface area contributed by atoms with Crippen LogP contribution in [-0.2, 0) is 39.9 Å². The monoisotopic (exact) mass is 1880 g/mol. The van der Waals surface area contributed by atoms with E-state index in [1.807, 2.05) is 0 Å². The maximum Gasteiger partial charge on any atom is 0.143 e. The lowest BCUT2D eigenvalue weighted by Crippen LogP contribution is -2.27. The Morgan fingerprint density at radius 3 is 1.12 bits per heavy atom. The molecule has 0 N–H and O–H groups in total. The maximum absolute atomic E-state index is 7.46. The normalized spacial score (nSPS) is 15.1. The molecule has 2 heteroatoms. The molecule has 0 radical (unpaired) electrons. The SMILES string of the molecule is CCCCCCCC1(CCCCCCC)c2ccccc2-c2ccc(-c3ccc4c(c3)C(C)(C)c3cc(-c5ccc(-c6cc7c(c8c6oc6ccccc68)-c6ccc(CC(Cc8ccc9c(c8)C8(c%10ccccc%10-c%10ccccc%108)c8cc%10c(cc8-9)C8(c9ccccc9-c9ccccc98)c8ccc9oc%11ccccc%11c9c8-%10)c8c(C)cc(C)cc8C)cc6C7(CCCCCCC)CCCCCCC)cc5)ccc3-4)cc21. The summed E-state index contributed by atoms with van der Waals surface area (Å²) in [7, 11) is 0. The second-order valence-corrected chi connectivity index (χ2v) is 45.3. The van der Waals surface area contributed by atoms with E-state index in [9.17, 15) is 0 Å². The molecule has 2 spiro atoms. The first-order valence-electron chi connectivity index (χ1n) is 55.7. The van der Waals surface area contributed by atoms with Gasteiger partial charge in [0, 0.05) is 43.4 Å². The van der Waals surface area contributed by atoms with Crippen LogP contribution in [-0.4, -0.2) is 0 Å². The van der Waals surface area contributed by atoms with E-state index in [-0.39, 0.29) is 22.2 Å². The minimum Gasteiger partial charge on any atom is -0.456 e. The molecule has 1 unspecified atom stereocenters. The highest BCUT2D eigenvalue weighted by molar-refractivity contribution is 6.20. The minimum atomic E-state index is -0.627. The topological polar surface area (TPSA) is 26.3 Å². The fraction of sp³-hybridized carbons (Fsp3) is 0.287. The van der Waals surface area contributed by atoms with Crippen LogP contribution in [0.4, 0.5) is 0 Å². The molecule has 7 aliphatic rings. The molecule has 26 rings (SSSR count). The summed E-state index contributed by atoms with van der Waals surface area (Å²) in [5.74, 6) is 0.148. The Morgan fingerprint density at radius 2 is 0.593 bits per heavy atom. The number of hydrogen-bond donors (Lipinski definition) is 0. The standard InChI is InChI=1S/C143H134O2/c1-10-14-18-22-40-74-140(75-41-23-19-15-11-2)116-51-33-26-44-101(116)108-71-66-99(86-125(108)140)98-65-70-107-106-69-64-97(84-122(106)139(8,9)123(107)85-98)95-60-62-96(63-61-95)113-87-129-134(137-112-50-32-39-57-131(112)145-138(113)137)110-68-59-93(82-124(110)141(129,76-42-24-20-16-12-3)77-43-25-21-17-13-4)80-100(133-91(6)78-90(5)79-92(133)7)81-94-58-67-109-114-88-128-115(89-127(114)143(126(109)83-94)119-54-36-29-47-104(119)105-48-30-37-55-120(105)143)135-121(72-73-132-136(135)111-49-31-38-56-130(111)144-132)142(128)117-52-34-27-45-102(117)103-46-28-35-53-118(103)142/h26-39,44-73,78-79,82-89,100H,10-25,40-43,74-77,80-81H2,1-9H3. The van der Waals surface area contributed by atoms with E-state index in [1.165, 1.54) is 369 Å². The summed E-state index contributed by atoms with van der Waals surface area (Å²) in [5.41, 5.74) is 56.7. The quantitative estimate of drug-likeness (QED) is 0.0393. The van der Waals surface area contributed by atoms with Crippen molar-refractivity contribution in [3.63, 3.8) is 0 Å². The number of para-hydroxylation sites is 2. The Labute approximate surface area is 858 Å². The van der Waals surface area contributed by atoms with Crippen molar-refractivity contribution in [3.05, 3.63) is 439 Å². The summed E-state index contributed by atoms with van der Waals surface area (Å²) in [5, 5.41) is 4.82. The number of aryl methyl sites for hydroxylation is 3. The van der Waals surface area contributed by atoms with E-state index in [4.69, 9.17) is 8.83 Å². The molecule has 145 heavy (non-hydrogen) atoms. The summed E-state index contributed by atoms with van der Waals surface area (Å²) in [6.07, 6.45) is 31.7.